The van der Waals surface area contributed by atoms with E-state index >= 15 is 0 Å². The summed E-state index contributed by atoms with van der Waals surface area (Å²) in [5, 5.41) is 4.32. The molecule has 0 unspecified atom stereocenters. The highest BCUT2D eigenvalue weighted by Crippen LogP contribution is 2.38. The lowest BCUT2D eigenvalue weighted by Crippen LogP contribution is -2.03. The van der Waals surface area contributed by atoms with Crippen molar-refractivity contribution < 1.29 is 19.0 Å². The Balaban J connectivity index is 1.93. The van der Waals surface area contributed by atoms with Gasteiger partial charge in [0.2, 0.25) is 5.75 Å². The second-order valence-electron chi connectivity index (χ2n) is 5.94. The van der Waals surface area contributed by atoms with Gasteiger partial charge in [0.25, 0.3) is 0 Å². The molecular weight excluding hydrogens is 344 g/mol. The highest BCUT2D eigenvalue weighted by atomic mass is 16.5. The first-order valence-corrected chi connectivity index (χ1v) is 8.60. The van der Waals surface area contributed by atoms with Gasteiger partial charge in [0.1, 0.15) is 0 Å². The Morgan fingerprint density at radius 3 is 2.11 bits per heavy atom. The Hall–Kier alpha value is -3.28. The molecule has 0 spiro atoms. The van der Waals surface area contributed by atoms with Crippen LogP contribution in [0.1, 0.15) is 28.4 Å². The summed E-state index contributed by atoms with van der Waals surface area (Å²) in [6.07, 6.45) is 4.25. The molecule has 0 fully saturated rings. The first kappa shape index (κ1) is 18.5. The fourth-order valence-corrected chi connectivity index (χ4v) is 2.84. The quantitative estimate of drug-likeness (QED) is 0.597. The van der Waals surface area contributed by atoms with Crippen LogP contribution in [0.4, 0.5) is 0 Å². The number of rotatable bonds is 7. The molecule has 140 valence electrons. The molecule has 2 aromatic carbocycles. The van der Waals surface area contributed by atoms with Gasteiger partial charge in [0.05, 0.1) is 38.8 Å². The van der Waals surface area contributed by atoms with E-state index in [4.69, 9.17) is 14.2 Å². The third kappa shape index (κ3) is 3.65. The van der Waals surface area contributed by atoms with E-state index < -0.39 is 0 Å². The highest BCUT2D eigenvalue weighted by molar-refractivity contribution is 6.09. The third-order valence-electron chi connectivity index (χ3n) is 4.38. The lowest BCUT2D eigenvalue weighted by molar-refractivity contribution is 0.103. The number of ether oxygens (including phenoxy) is 3. The van der Waals surface area contributed by atoms with Crippen LogP contribution in [0.3, 0.4) is 0 Å². The van der Waals surface area contributed by atoms with Gasteiger partial charge in [0.15, 0.2) is 17.3 Å². The Labute approximate surface area is 158 Å². The van der Waals surface area contributed by atoms with Crippen molar-refractivity contribution in [2.24, 2.45) is 0 Å². The largest absolute Gasteiger partial charge is 0.493 e. The molecule has 0 aliphatic rings. The van der Waals surface area contributed by atoms with Crippen LogP contribution < -0.4 is 14.2 Å². The molecule has 0 aliphatic heterocycles. The molecule has 1 aromatic heterocycles. The molecule has 0 radical (unpaired) electrons. The molecule has 0 aliphatic carbocycles. The van der Waals surface area contributed by atoms with Gasteiger partial charge in [-0.3, -0.25) is 4.79 Å². The number of benzene rings is 2. The minimum Gasteiger partial charge on any atom is -0.493 e. The Bertz CT molecular complexity index is 920. The number of carbonyl (C=O) groups excluding carboxylic acids is 1. The summed E-state index contributed by atoms with van der Waals surface area (Å²) in [6, 6.07) is 11.3. The summed E-state index contributed by atoms with van der Waals surface area (Å²) < 4.78 is 17.6. The minimum atomic E-state index is -0.175. The highest BCUT2D eigenvalue weighted by Gasteiger charge is 2.19. The van der Waals surface area contributed by atoms with Crippen molar-refractivity contribution >= 4 is 5.78 Å². The van der Waals surface area contributed by atoms with Crippen molar-refractivity contribution in [3.63, 3.8) is 0 Å². The molecular formula is C21H22N2O4. The molecule has 27 heavy (non-hydrogen) atoms. The van der Waals surface area contributed by atoms with Gasteiger partial charge >= 0.3 is 0 Å². The maximum atomic E-state index is 12.9. The van der Waals surface area contributed by atoms with Crippen molar-refractivity contribution in [3.05, 3.63) is 65.5 Å². The number of nitrogens with zero attached hydrogens (tertiary/aromatic N) is 2. The minimum absolute atomic E-state index is 0.175. The molecule has 0 saturated heterocycles. The number of aromatic nitrogens is 2. The van der Waals surface area contributed by atoms with Crippen LogP contribution in [0.15, 0.2) is 48.8 Å². The molecule has 3 rings (SSSR count). The molecule has 0 N–H and O–H groups in total. The smallest absolute Gasteiger partial charge is 0.203 e. The predicted octanol–water partition coefficient (Wildman–Crippen LogP) is 3.69. The van der Waals surface area contributed by atoms with Gasteiger partial charge in [-0.05, 0) is 36.2 Å². The Morgan fingerprint density at radius 2 is 1.59 bits per heavy atom. The van der Waals surface area contributed by atoms with Crippen molar-refractivity contribution in [1.82, 2.24) is 9.78 Å². The maximum absolute atomic E-state index is 12.9. The molecule has 1 heterocycles. The number of ketones is 1. The monoisotopic (exact) mass is 366 g/mol. The van der Waals surface area contributed by atoms with Gasteiger partial charge in [-0.15, -0.1) is 0 Å². The second-order valence-corrected chi connectivity index (χ2v) is 5.94. The number of aryl methyl sites for hydroxylation is 1. The zero-order chi connectivity index (χ0) is 19.4. The van der Waals surface area contributed by atoms with Crippen LogP contribution in [-0.4, -0.2) is 36.9 Å². The fraction of sp³-hybridized carbons (Fsp3) is 0.238. The van der Waals surface area contributed by atoms with Crippen LogP contribution in [0.2, 0.25) is 0 Å². The molecule has 3 aromatic rings. The predicted molar refractivity (Wildman–Crippen MR) is 102 cm³/mol. The summed E-state index contributed by atoms with van der Waals surface area (Å²) >= 11 is 0. The summed E-state index contributed by atoms with van der Waals surface area (Å²) in [4.78, 5) is 12.9. The Morgan fingerprint density at radius 1 is 0.963 bits per heavy atom. The van der Waals surface area contributed by atoms with Crippen molar-refractivity contribution in [1.29, 1.82) is 0 Å². The molecule has 6 nitrogen and oxygen atoms in total. The summed E-state index contributed by atoms with van der Waals surface area (Å²) in [6.45, 7) is 2.11. The van der Waals surface area contributed by atoms with E-state index in [1.807, 2.05) is 12.1 Å². The van der Waals surface area contributed by atoms with Gasteiger partial charge < -0.3 is 14.2 Å². The topological polar surface area (TPSA) is 62.6 Å². The standard InChI is InChI=1S/C21H22N2O4/c1-5-14-6-8-17(9-7-14)23-13-16(12-22-23)20(24)15-10-18(25-2)21(27-4)19(11-15)26-3/h6-13H,5H2,1-4H3. The summed E-state index contributed by atoms with van der Waals surface area (Å²) in [5.41, 5.74) is 3.06. The van der Waals surface area contributed by atoms with Gasteiger partial charge in [-0.1, -0.05) is 19.1 Å². The number of methoxy groups -OCH3 is 3. The van der Waals surface area contributed by atoms with E-state index in [1.54, 1.807) is 29.2 Å². The first-order chi connectivity index (χ1) is 13.1. The van der Waals surface area contributed by atoms with E-state index in [9.17, 15) is 4.79 Å². The van der Waals surface area contributed by atoms with Crippen molar-refractivity contribution in [3.8, 4) is 22.9 Å². The van der Waals surface area contributed by atoms with E-state index in [2.05, 4.69) is 24.2 Å². The van der Waals surface area contributed by atoms with Crippen LogP contribution in [0.5, 0.6) is 17.2 Å². The fourth-order valence-electron chi connectivity index (χ4n) is 2.84. The molecule has 0 bridgehead atoms. The average molecular weight is 366 g/mol. The van der Waals surface area contributed by atoms with Crippen LogP contribution >= 0.6 is 0 Å². The maximum Gasteiger partial charge on any atom is 0.203 e. The lowest BCUT2D eigenvalue weighted by Gasteiger charge is -2.13. The van der Waals surface area contributed by atoms with E-state index in [1.165, 1.54) is 26.9 Å². The van der Waals surface area contributed by atoms with Crippen molar-refractivity contribution in [2.75, 3.05) is 21.3 Å². The van der Waals surface area contributed by atoms with Crippen LogP contribution in [0, 0.1) is 0 Å². The number of hydrogen-bond donors (Lipinski definition) is 0. The van der Waals surface area contributed by atoms with Crippen LogP contribution in [-0.2, 0) is 6.42 Å². The third-order valence-corrected chi connectivity index (χ3v) is 4.38. The first-order valence-electron chi connectivity index (χ1n) is 8.60. The molecule has 0 atom stereocenters. The van der Waals surface area contributed by atoms with E-state index in [0.29, 0.717) is 28.4 Å². The Kier molecular flexibility index (Phi) is 5.45. The van der Waals surface area contributed by atoms with Crippen LogP contribution in [0.25, 0.3) is 5.69 Å². The van der Waals surface area contributed by atoms with Gasteiger partial charge in [0, 0.05) is 11.8 Å². The molecule has 0 saturated carbocycles. The van der Waals surface area contributed by atoms with E-state index in [0.717, 1.165) is 12.1 Å². The molecule has 0 amide bonds. The number of carbonyl (C=O) groups is 1. The average Bonchev–Trinajstić information content (AvgIpc) is 3.22. The lowest BCUT2D eigenvalue weighted by atomic mass is 10.1. The zero-order valence-corrected chi connectivity index (χ0v) is 15.9. The summed E-state index contributed by atoms with van der Waals surface area (Å²) in [7, 11) is 4.56. The SMILES string of the molecule is CCc1ccc(-n2cc(C(=O)c3cc(OC)c(OC)c(OC)c3)cn2)cc1. The van der Waals surface area contributed by atoms with E-state index in [-0.39, 0.29) is 5.78 Å². The summed E-state index contributed by atoms with van der Waals surface area (Å²) in [5.74, 6) is 1.14. The van der Waals surface area contributed by atoms with Gasteiger partial charge in [-0.25, -0.2) is 4.68 Å². The van der Waals surface area contributed by atoms with Crippen molar-refractivity contribution in [2.45, 2.75) is 13.3 Å². The zero-order valence-electron chi connectivity index (χ0n) is 15.9. The number of hydrogen-bond acceptors (Lipinski definition) is 5. The normalized spacial score (nSPS) is 10.5. The second kappa shape index (κ2) is 7.95. The van der Waals surface area contributed by atoms with Gasteiger partial charge in [-0.2, -0.15) is 5.10 Å². The molecule has 6 heteroatoms.